The molecule has 18 aromatic carbocycles. The molecule has 18 aromatic rings. The van der Waals surface area contributed by atoms with Crippen molar-refractivity contribution in [3.05, 3.63) is 455 Å². The molecule has 0 spiro atoms. The minimum atomic E-state index is -1.81. The third-order valence-corrected chi connectivity index (χ3v) is 37.1. The first-order valence-electron chi connectivity index (χ1n) is 40.8. The van der Waals surface area contributed by atoms with Gasteiger partial charge in [0.1, 0.15) is 0 Å². The van der Waals surface area contributed by atoms with E-state index in [9.17, 15) is 13.7 Å². The van der Waals surface area contributed by atoms with E-state index in [4.69, 9.17) is 67.1 Å². The van der Waals surface area contributed by atoms with Gasteiger partial charge in [-0.05, 0) is 371 Å². The Balaban J connectivity index is 0.662. The van der Waals surface area contributed by atoms with Crippen LogP contribution in [0.5, 0.6) is 0 Å². The minimum Gasteiger partial charge on any atom is -0.311 e. The van der Waals surface area contributed by atoms with Crippen LogP contribution in [0.1, 0.15) is 0 Å². The van der Waals surface area contributed by atoms with E-state index in [1.165, 1.54) is 0 Å². The van der Waals surface area contributed by atoms with Crippen LogP contribution in [-0.4, -0.2) is 0 Å². The van der Waals surface area contributed by atoms with Gasteiger partial charge in [-0.3, -0.25) is 13.7 Å². The summed E-state index contributed by atoms with van der Waals surface area (Å²) in [4.78, 5) is 9.18. The maximum Gasteiger partial charge on any atom is 0.198 e. The summed E-state index contributed by atoms with van der Waals surface area (Å²) < 4.78 is 38.4. The largest absolute Gasteiger partial charge is 0.311 e. The molecule has 0 aliphatic heterocycles. The molecule has 0 saturated heterocycles. The molecule has 0 fully saturated rings. The number of hydrogen-bond acceptors (Lipinski definition) is 13. The maximum atomic E-state index is 12.8. The van der Waals surface area contributed by atoms with Gasteiger partial charge in [-0.25, -0.2) is 0 Å². The van der Waals surface area contributed by atoms with E-state index < -0.39 is 41.3 Å². The van der Waals surface area contributed by atoms with Crippen molar-refractivity contribution in [2.45, 2.75) is 0 Å². The Bertz CT molecular complexity index is 6920. The van der Waals surface area contributed by atoms with Crippen LogP contribution < -0.4 is 35.5 Å². The average Bonchev–Trinajstić information content (AvgIpc) is 0.829. The molecule has 0 radical (unpaired) electrons. The molecule has 0 amide bonds. The standard InChI is InChI=1S/C108H75N4O3P3S9/c113-116(125(119)120)106-70-40-91(41-71-106)88-34-64-103(65-35-88)109(94-46-16-79(17-47-94)76-10-4-1-5-11-76)97-52-22-82(23-53-97)85-28-58-100(59-29-85)112(101-60-30-86(31-61-101)83-24-54-98(55-25-83)110(95-48-18-80(19-49-95)77-12-6-2-7-13-77)104-66-36-89(37-67-104)92-42-72-107(73-43-92)117(114)126(121)122)102-62-32-87(33-63-102)84-26-56-99(57-27-84)111(96-50-20-81(21-51-96)78-14-8-3-9-15-78)105-68-38-90(39-69-105)93-44-74-108(75-45-93)118(115)127(123)124/h1-75H. The Labute approximate surface area is 773 Å². The van der Waals surface area contributed by atoms with Gasteiger partial charge in [-0.15, -0.1) is 0 Å². The summed E-state index contributed by atoms with van der Waals surface area (Å²) in [6.45, 7) is -5.43. The number of anilines is 12. The third-order valence-electron chi connectivity index (χ3n) is 22.5. The van der Waals surface area contributed by atoms with Crippen LogP contribution in [-0.2, 0) is 102 Å². The van der Waals surface area contributed by atoms with Crippen molar-refractivity contribution < 1.29 is 13.7 Å². The summed E-state index contributed by atoms with van der Waals surface area (Å²) in [5.41, 5.74) is 31.4. The molecule has 127 heavy (non-hydrogen) atoms. The van der Waals surface area contributed by atoms with Crippen molar-refractivity contribution >= 4 is 193 Å². The van der Waals surface area contributed by atoms with Gasteiger partial charge in [0, 0.05) is 84.2 Å². The first kappa shape index (κ1) is 85.2. The molecule has 0 bridgehead atoms. The summed E-state index contributed by atoms with van der Waals surface area (Å²) in [5.74, 6) is 0. The predicted octanol–water partition coefficient (Wildman–Crippen LogP) is 30.3. The number of rotatable bonds is 24. The highest BCUT2D eigenvalue weighted by atomic mass is 33.2. The van der Waals surface area contributed by atoms with Crippen molar-refractivity contribution in [1.82, 2.24) is 0 Å². The van der Waals surface area contributed by atoms with Crippen molar-refractivity contribution in [3.63, 3.8) is 0 Å². The third kappa shape index (κ3) is 19.4. The van der Waals surface area contributed by atoms with Gasteiger partial charge >= 0.3 is 0 Å². The lowest BCUT2D eigenvalue weighted by Crippen LogP contribution is -2.10. The van der Waals surface area contributed by atoms with Gasteiger partial charge in [-0.1, -0.05) is 273 Å². The van der Waals surface area contributed by atoms with Gasteiger partial charge in [0.25, 0.3) is 0 Å². The van der Waals surface area contributed by atoms with Crippen LogP contribution in [0.15, 0.2) is 455 Å². The SMILES string of the molecule is O=P(c1ccc(-c2ccc(N(c3ccc(-c4ccccc4)cc3)c3ccc(-c4ccc(N(c5ccc(-c6ccc(N(c7ccc(-c8ccccc8)cc7)c7ccc(-c8ccc(P(=O)=S(=S)=S)cc8)cc7)cc6)cc5)c5ccc(-c6ccc(N(c7ccc(-c8ccccc8)cc7)c7ccc(-c8ccc(P(=O)=S(=S)=S)cc8)cc7)cc6)cc5)cc4)cc3)cc2)cc1)=S(=S)=S. The fraction of sp³-hybridized carbons (Fsp3) is 0. The van der Waals surface area contributed by atoms with Crippen molar-refractivity contribution in [2.24, 2.45) is 0 Å². The molecule has 0 aliphatic rings. The van der Waals surface area contributed by atoms with E-state index in [0.29, 0.717) is 15.9 Å². The molecule has 18 rings (SSSR count). The van der Waals surface area contributed by atoms with Gasteiger partial charge in [-0.2, -0.15) is 0 Å². The lowest BCUT2D eigenvalue weighted by atomic mass is 10.0. The van der Waals surface area contributed by atoms with E-state index in [1.54, 1.807) is 0 Å². The molecular formula is C108H75N4O3P3S9. The Morgan fingerprint density at radius 2 is 0.228 bits per heavy atom. The van der Waals surface area contributed by atoms with E-state index in [0.717, 1.165) is 168 Å². The zero-order chi connectivity index (χ0) is 86.9. The average molecular weight is 1860 g/mol. The lowest BCUT2D eigenvalue weighted by molar-refractivity contribution is 0.601. The summed E-state index contributed by atoms with van der Waals surface area (Å²) in [7, 11) is -3.11. The minimum absolute atomic E-state index is 0.676. The van der Waals surface area contributed by atoms with Crippen LogP contribution in [0.25, 0.3) is 100 Å². The first-order valence-corrected chi connectivity index (χ1v) is 55.6. The Hall–Kier alpha value is -12.6. The second-order valence-electron chi connectivity index (χ2n) is 30.1. The topological polar surface area (TPSA) is 64.2 Å². The highest BCUT2D eigenvalue weighted by Crippen LogP contribution is 2.45. The van der Waals surface area contributed by atoms with Crippen LogP contribution in [0.4, 0.5) is 68.2 Å². The van der Waals surface area contributed by atoms with Gasteiger partial charge in [0.15, 0.2) is 19.7 Å². The van der Waals surface area contributed by atoms with E-state index in [1.807, 2.05) is 91.0 Å². The maximum absolute atomic E-state index is 12.8. The summed E-state index contributed by atoms with van der Waals surface area (Å²) in [5, 5.41) is 2.03. The molecule has 3 unspecified atom stereocenters. The second-order valence-corrected chi connectivity index (χ2v) is 53.1. The van der Waals surface area contributed by atoms with E-state index >= 15 is 0 Å². The van der Waals surface area contributed by atoms with E-state index in [-0.39, 0.29) is 0 Å². The van der Waals surface area contributed by atoms with Gasteiger partial charge < -0.3 is 19.6 Å². The van der Waals surface area contributed by atoms with Gasteiger partial charge in [0.05, 0.1) is 0 Å². The van der Waals surface area contributed by atoms with Crippen molar-refractivity contribution in [2.75, 3.05) is 19.6 Å². The Morgan fingerprint density at radius 1 is 0.134 bits per heavy atom. The highest BCUT2D eigenvalue weighted by Gasteiger charge is 2.21. The number of hydrogen-bond donors (Lipinski definition) is 0. The van der Waals surface area contributed by atoms with Crippen molar-refractivity contribution in [1.29, 1.82) is 0 Å². The molecule has 0 aliphatic carbocycles. The molecule has 0 aromatic heterocycles. The number of nitrogens with zero attached hydrogens (tertiary/aromatic N) is 4. The number of benzene rings is 18. The van der Waals surface area contributed by atoms with Crippen LogP contribution in [0.3, 0.4) is 0 Å². The summed E-state index contributed by atoms with van der Waals surface area (Å²) >= 11 is 31.2. The Morgan fingerprint density at radius 3 is 0.331 bits per heavy atom. The summed E-state index contributed by atoms with van der Waals surface area (Å²) in [6, 6.07) is 159. The lowest BCUT2D eigenvalue weighted by Gasteiger charge is -2.27. The normalized spacial score (nSPS) is 11.4. The van der Waals surface area contributed by atoms with Crippen LogP contribution in [0, 0.1) is 0 Å². The molecular weight excluding hydrogens is 1780 g/mol. The van der Waals surface area contributed by atoms with Crippen molar-refractivity contribution in [3.8, 4) is 100 Å². The fourth-order valence-electron chi connectivity index (χ4n) is 15.9. The predicted molar refractivity (Wildman–Crippen MR) is 562 cm³/mol. The molecule has 0 saturated carbocycles. The van der Waals surface area contributed by atoms with Gasteiger partial charge in [0.2, 0.25) is 0 Å². The zero-order valence-electron chi connectivity index (χ0n) is 67.8. The summed E-state index contributed by atoms with van der Waals surface area (Å²) in [6.07, 6.45) is 0. The molecule has 3 atom stereocenters. The second kappa shape index (κ2) is 39.1. The molecule has 614 valence electrons. The molecule has 0 N–H and O–H groups in total. The quantitative estimate of drug-likeness (QED) is 0.0540. The smallest absolute Gasteiger partial charge is 0.198 e. The molecule has 7 nitrogen and oxygen atoms in total. The molecule has 0 heterocycles. The highest BCUT2D eigenvalue weighted by molar-refractivity contribution is 8.58. The van der Waals surface area contributed by atoms with Crippen LogP contribution in [0.2, 0.25) is 0 Å². The first-order chi connectivity index (χ1) is 62.1. The fourth-order valence-corrected chi connectivity index (χ4v) is 24.9. The van der Waals surface area contributed by atoms with Crippen LogP contribution >= 0.6 is 19.7 Å². The van der Waals surface area contributed by atoms with E-state index in [2.05, 4.69) is 384 Å². The zero-order valence-corrected chi connectivity index (χ0v) is 77.9. The molecule has 19 heteroatoms. The monoisotopic (exact) mass is 1860 g/mol. The Kier molecular flexibility index (Phi) is 26.3.